The zero-order valence-electron chi connectivity index (χ0n) is 12.3. The van der Waals surface area contributed by atoms with Crippen LogP contribution in [0.4, 0.5) is 0 Å². The summed E-state index contributed by atoms with van der Waals surface area (Å²) in [7, 11) is 3.73. The number of morpholine rings is 1. The molecule has 1 fully saturated rings. The van der Waals surface area contributed by atoms with Crippen molar-refractivity contribution in [1.82, 2.24) is 10.2 Å². The molecule has 3 unspecified atom stereocenters. The maximum atomic E-state index is 9.77. The van der Waals surface area contributed by atoms with E-state index in [0.717, 1.165) is 26.2 Å². The van der Waals surface area contributed by atoms with Crippen molar-refractivity contribution in [3.8, 4) is 0 Å². The van der Waals surface area contributed by atoms with E-state index in [1.165, 1.54) is 0 Å². The van der Waals surface area contributed by atoms with E-state index in [0.29, 0.717) is 19.8 Å². The fourth-order valence-corrected chi connectivity index (χ4v) is 2.02. The second-order valence-electron chi connectivity index (χ2n) is 5.17. The van der Waals surface area contributed by atoms with Crippen molar-refractivity contribution in [2.24, 2.45) is 0 Å². The van der Waals surface area contributed by atoms with Gasteiger partial charge in [0.2, 0.25) is 0 Å². The van der Waals surface area contributed by atoms with Crippen LogP contribution in [0.25, 0.3) is 0 Å². The second-order valence-corrected chi connectivity index (χ2v) is 5.17. The number of likely N-dealkylation sites (N-methyl/N-ethyl adjacent to an activating group) is 1. The highest BCUT2D eigenvalue weighted by Crippen LogP contribution is 2.01. The molecule has 1 aliphatic rings. The SMILES string of the molecule is COCC(C)OCC(O)CNCC1CN(C)CCO1. The average Bonchev–Trinajstić information content (AvgIpc) is 2.37. The minimum Gasteiger partial charge on any atom is -0.389 e. The Kier molecular flexibility index (Phi) is 8.52. The third-order valence-corrected chi connectivity index (χ3v) is 3.07. The van der Waals surface area contributed by atoms with Crippen LogP contribution < -0.4 is 5.32 Å². The van der Waals surface area contributed by atoms with Gasteiger partial charge >= 0.3 is 0 Å². The first-order valence-electron chi connectivity index (χ1n) is 6.91. The van der Waals surface area contributed by atoms with Crippen LogP contribution in [-0.2, 0) is 14.2 Å². The predicted molar refractivity (Wildman–Crippen MR) is 73.4 cm³/mol. The Morgan fingerprint density at radius 2 is 2.26 bits per heavy atom. The maximum Gasteiger partial charge on any atom is 0.0897 e. The molecule has 3 atom stereocenters. The molecule has 1 rings (SSSR count). The summed E-state index contributed by atoms with van der Waals surface area (Å²) < 4.78 is 16.0. The van der Waals surface area contributed by atoms with Crippen LogP contribution in [-0.4, -0.2) is 88.5 Å². The molecule has 0 spiro atoms. The number of rotatable bonds is 9. The lowest BCUT2D eigenvalue weighted by Gasteiger charge is -2.30. The monoisotopic (exact) mass is 276 g/mol. The van der Waals surface area contributed by atoms with Gasteiger partial charge in [-0.15, -0.1) is 0 Å². The molecule has 1 aliphatic heterocycles. The van der Waals surface area contributed by atoms with Gasteiger partial charge in [0.15, 0.2) is 0 Å². The molecule has 6 heteroatoms. The Bertz CT molecular complexity index is 231. The Morgan fingerprint density at radius 3 is 2.95 bits per heavy atom. The van der Waals surface area contributed by atoms with Gasteiger partial charge in [-0.3, -0.25) is 0 Å². The lowest BCUT2D eigenvalue weighted by Crippen LogP contribution is -2.46. The molecule has 0 saturated carbocycles. The number of aliphatic hydroxyl groups excluding tert-OH is 1. The van der Waals surface area contributed by atoms with Crippen molar-refractivity contribution in [1.29, 1.82) is 0 Å². The van der Waals surface area contributed by atoms with Crippen LogP contribution in [0.3, 0.4) is 0 Å². The van der Waals surface area contributed by atoms with Crippen LogP contribution in [0, 0.1) is 0 Å². The van der Waals surface area contributed by atoms with Gasteiger partial charge in [-0.05, 0) is 14.0 Å². The summed E-state index contributed by atoms with van der Waals surface area (Å²) in [6.45, 7) is 6.77. The second kappa shape index (κ2) is 9.63. The normalized spacial score (nSPS) is 24.3. The van der Waals surface area contributed by atoms with Crippen LogP contribution in [0.15, 0.2) is 0 Å². The molecule has 1 heterocycles. The first-order chi connectivity index (χ1) is 9.11. The molecular formula is C13H28N2O4. The molecule has 0 amide bonds. The third-order valence-electron chi connectivity index (χ3n) is 3.07. The minimum atomic E-state index is -0.499. The Balaban J connectivity index is 2.01. The van der Waals surface area contributed by atoms with Crippen molar-refractivity contribution in [3.63, 3.8) is 0 Å². The third kappa shape index (κ3) is 7.81. The molecule has 2 N–H and O–H groups in total. The van der Waals surface area contributed by atoms with Crippen LogP contribution in [0.1, 0.15) is 6.92 Å². The summed E-state index contributed by atoms with van der Waals surface area (Å²) >= 11 is 0. The largest absolute Gasteiger partial charge is 0.389 e. The van der Waals surface area contributed by atoms with E-state index in [2.05, 4.69) is 17.3 Å². The lowest BCUT2D eigenvalue weighted by atomic mass is 10.2. The Hall–Kier alpha value is -0.240. The molecule has 0 aliphatic carbocycles. The highest BCUT2D eigenvalue weighted by molar-refractivity contribution is 4.72. The first kappa shape index (κ1) is 16.8. The highest BCUT2D eigenvalue weighted by atomic mass is 16.5. The number of methoxy groups -OCH3 is 1. The van der Waals surface area contributed by atoms with Gasteiger partial charge in [0, 0.05) is 33.3 Å². The van der Waals surface area contributed by atoms with Gasteiger partial charge in [-0.2, -0.15) is 0 Å². The van der Waals surface area contributed by atoms with Gasteiger partial charge in [-0.25, -0.2) is 0 Å². The number of aliphatic hydroxyl groups is 1. The molecule has 0 aromatic carbocycles. The van der Waals surface area contributed by atoms with E-state index in [9.17, 15) is 5.11 Å². The summed E-state index contributed by atoms with van der Waals surface area (Å²) in [5.41, 5.74) is 0. The number of ether oxygens (including phenoxy) is 3. The highest BCUT2D eigenvalue weighted by Gasteiger charge is 2.17. The Morgan fingerprint density at radius 1 is 1.47 bits per heavy atom. The average molecular weight is 276 g/mol. The molecule has 0 bridgehead atoms. The molecule has 1 saturated heterocycles. The van der Waals surface area contributed by atoms with Crippen LogP contribution in [0.2, 0.25) is 0 Å². The fraction of sp³-hybridized carbons (Fsp3) is 1.00. The summed E-state index contributed by atoms with van der Waals surface area (Å²) in [5, 5.41) is 13.0. The molecule has 114 valence electrons. The number of hydrogen-bond acceptors (Lipinski definition) is 6. The van der Waals surface area contributed by atoms with Gasteiger partial charge in [0.25, 0.3) is 0 Å². The van der Waals surface area contributed by atoms with E-state index in [1.54, 1.807) is 7.11 Å². The molecular weight excluding hydrogens is 248 g/mol. The quantitative estimate of drug-likeness (QED) is 0.582. The predicted octanol–water partition coefficient (Wildman–Crippen LogP) is -0.681. The molecule has 6 nitrogen and oxygen atoms in total. The van der Waals surface area contributed by atoms with E-state index >= 15 is 0 Å². The van der Waals surface area contributed by atoms with Gasteiger partial charge in [0.05, 0.1) is 38.1 Å². The van der Waals surface area contributed by atoms with Gasteiger partial charge < -0.3 is 29.5 Å². The van der Waals surface area contributed by atoms with Gasteiger partial charge in [-0.1, -0.05) is 0 Å². The summed E-state index contributed by atoms with van der Waals surface area (Å²) in [4.78, 5) is 2.25. The Labute approximate surface area is 116 Å². The summed E-state index contributed by atoms with van der Waals surface area (Å²) in [6, 6.07) is 0. The summed E-state index contributed by atoms with van der Waals surface area (Å²) in [5.74, 6) is 0. The summed E-state index contributed by atoms with van der Waals surface area (Å²) in [6.07, 6.45) is -0.283. The minimum absolute atomic E-state index is 0.00924. The van der Waals surface area contributed by atoms with Crippen molar-refractivity contribution in [2.45, 2.75) is 25.2 Å². The number of hydrogen-bond donors (Lipinski definition) is 2. The smallest absolute Gasteiger partial charge is 0.0897 e. The van der Waals surface area contributed by atoms with E-state index in [-0.39, 0.29) is 12.2 Å². The molecule has 0 aromatic rings. The van der Waals surface area contributed by atoms with Crippen molar-refractivity contribution >= 4 is 0 Å². The number of nitrogens with one attached hydrogen (secondary N) is 1. The van der Waals surface area contributed by atoms with Crippen molar-refractivity contribution < 1.29 is 19.3 Å². The van der Waals surface area contributed by atoms with E-state index in [1.807, 2.05) is 6.92 Å². The van der Waals surface area contributed by atoms with E-state index in [4.69, 9.17) is 14.2 Å². The zero-order valence-corrected chi connectivity index (χ0v) is 12.3. The molecule has 19 heavy (non-hydrogen) atoms. The topological polar surface area (TPSA) is 63.2 Å². The lowest BCUT2D eigenvalue weighted by molar-refractivity contribution is -0.0359. The van der Waals surface area contributed by atoms with Gasteiger partial charge in [0.1, 0.15) is 0 Å². The first-order valence-corrected chi connectivity index (χ1v) is 6.91. The molecule has 0 radical (unpaired) electrons. The fourth-order valence-electron chi connectivity index (χ4n) is 2.02. The van der Waals surface area contributed by atoms with Crippen LogP contribution >= 0.6 is 0 Å². The maximum absolute atomic E-state index is 9.77. The standard InChI is InChI=1S/C13H28N2O4/c1-11(9-17-3)19-10-12(16)6-14-7-13-8-15(2)4-5-18-13/h11-14,16H,4-10H2,1-3H3. The van der Waals surface area contributed by atoms with E-state index < -0.39 is 6.10 Å². The molecule has 0 aromatic heterocycles. The number of nitrogens with zero attached hydrogens (tertiary/aromatic N) is 1. The van der Waals surface area contributed by atoms with Crippen LogP contribution in [0.5, 0.6) is 0 Å². The zero-order chi connectivity index (χ0) is 14.1. The van der Waals surface area contributed by atoms with Crippen molar-refractivity contribution in [3.05, 3.63) is 0 Å². The van der Waals surface area contributed by atoms with Crippen molar-refractivity contribution in [2.75, 3.05) is 60.2 Å².